The fourth-order valence-corrected chi connectivity index (χ4v) is 2.44. The molecule has 7 nitrogen and oxygen atoms in total. The molecule has 0 aliphatic rings. The highest BCUT2D eigenvalue weighted by Crippen LogP contribution is 2.21. The first-order valence-corrected chi connectivity index (χ1v) is 8.64. The number of nitrogens with zero attached hydrogens (tertiary/aromatic N) is 3. The van der Waals surface area contributed by atoms with Crippen LogP contribution < -0.4 is 15.6 Å². The largest absolute Gasteiger partial charge is 0.468 e. The molecule has 0 saturated carbocycles. The van der Waals surface area contributed by atoms with Crippen molar-refractivity contribution in [3.8, 4) is 17.3 Å². The zero-order chi connectivity index (χ0) is 21.0. The van der Waals surface area contributed by atoms with E-state index < -0.39 is 12.8 Å². The van der Waals surface area contributed by atoms with Gasteiger partial charge in [0.25, 0.3) is 5.56 Å². The average molecular weight is 405 g/mol. The highest BCUT2D eigenvalue weighted by Gasteiger charge is 2.29. The van der Waals surface area contributed by atoms with Crippen LogP contribution in [0.4, 0.5) is 19.0 Å². The summed E-state index contributed by atoms with van der Waals surface area (Å²) in [6.45, 7) is 2.21. The van der Waals surface area contributed by atoms with Crippen molar-refractivity contribution in [3.05, 3.63) is 63.8 Å². The molecular formula is C19H18F3N5O2. The van der Waals surface area contributed by atoms with Gasteiger partial charge in [0, 0.05) is 41.3 Å². The highest BCUT2D eigenvalue weighted by atomic mass is 19.4. The summed E-state index contributed by atoms with van der Waals surface area (Å²) in [6, 6.07) is 6.63. The summed E-state index contributed by atoms with van der Waals surface area (Å²) in [7, 11) is 0. The maximum absolute atomic E-state index is 12.4. The third-order valence-corrected chi connectivity index (χ3v) is 4.11. The Morgan fingerprint density at radius 3 is 2.62 bits per heavy atom. The van der Waals surface area contributed by atoms with E-state index in [0.717, 1.165) is 0 Å². The van der Waals surface area contributed by atoms with E-state index in [1.54, 1.807) is 44.3 Å². The second-order valence-electron chi connectivity index (χ2n) is 6.28. The Kier molecular flexibility index (Phi) is 5.81. The van der Waals surface area contributed by atoms with E-state index in [2.05, 4.69) is 25.3 Å². The van der Waals surface area contributed by atoms with Crippen molar-refractivity contribution in [2.45, 2.75) is 26.6 Å². The molecule has 0 bridgehead atoms. The van der Waals surface area contributed by atoms with E-state index >= 15 is 0 Å². The summed E-state index contributed by atoms with van der Waals surface area (Å²) in [5.41, 5.74) is 2.07. The maximum Gasteiger partial charge on any atom is 0.422 e. The molecule has 0 spiro atoms. The van der Waals surface area contributed by atoms with Crippen LogP contribution in [0.25, 0.3) is 11.4 Å². The predicted octanol–water partition coefficient (Wildman–Crippen LogP) is 3.40. The molecule has 3 heterocycles. The number of hydrogen-bond acceptors (Lipinski definition) is 6. The van der Waals surface area contributed by atoms with E-state index in [-0.39, 0.29) is 18.0 Å². The smallest absolute Gasteiger partial charge is 0.422 e. The number of nitrogens with one attached hydrogen (secondary N) is 2. The summed E-state index contributed by atoms with van der Waals surface area (Å²) in [6.07, 6.45) is -1.54. The molecule has 0 aromatic carbocycles. The normalized spacial score (nSPS) is 11.3. The first-order chi connectivity index (χ1) is 13.7. The lowest BCUT2D eigenvalue weighted by atomic mass is 10.2. The van der Waals surface area contributed by atoms with Gasteiger partial charge in [-0.25, -0.2) is 15.0 Å². The van der Waals surface area contributed by atoms with E-state index in [1.807, 2.05) is 0 Å². The Hall–Kier alpha value is -3.43. The van der Waals surface area contributed by atoms with Crippen LogP contribution in [0.1, 0.15) is 16.8 Å². The van der Waals surface area contributed by atoms with Gasteiger partial charge in [-0.2, -0.15) is 13.2 Å². The lowest BCUT2D eigenvalue weighted by Crippen LogP contribution is -2.20. The van der Waals surface area contributed by atoms with Crippen LogP contribution in [-0.4, -0.2) is 32.7 Å². The number of rotatable bonds is 6. The molecule has 0 aliphatic carbocycles. The Morgan fingerprint density at radius 1 is 1.17 bits per heavy atom. The fourth-order valence-electron chi connectivity index (χ4n) is 2.44. The molecule has 0 amide bonds. The predicted molar refractivity (Wildman–Crippen MR) is 101 cm³/mol. The van der Waals surface area contributed by atoms with Crippen molar-refractivity contribution >= 4 is 5.82 Å². The van der Waals surface area contributed by atoms with Gasteiger partial charge in [0.1, 0.15) is 11.6 Å². The van der Waals surface area contributed by atoms with Crippen LogP contribution >= 0.6 is 0 Å². The zero-order valence-corrected chi connectivity index (χ0v) is 15.7. The molecule has 0 saturated heterocycles. The van der Waals surface area contributed by atoms with Crippen molar-refractivity contribution < 1.29 is 17.9 Å². The molecule has 10 heteroatoms. The Bertz CT molecular complexity index is 1050. The fraction of sp³-hybridized carbons (Fsp3) is 0.263. The summed E-state index contributed by atoms with van der Waals surface area (Å²) in [4.78, 5) is 27.0. The molecule has 3 aromatic heterocycles. The first-order valence-electron chi connectivity index (χ1n) is 8.64. The summed E-state index contributed by atoms with van der Waals surface area (Å²) >= 11 is 0. The number of ether oxygens (including phenoxy) is 1. The zero-order valence-electron chi connectivity index (χ0n) is 15.7. The number of pyridine rings is 2. The number of aromatic nitrogens is 4. The van der Waals surface area contributed by atoms with E-state index in [0.29, 0.717) is 34.0 Å². The standard InChI is InChI=1S/C19H18F3N5O2/c1-11-12(2)26-16(27-17(11)28)13-5-6-15(24-8-13)25-9-14-4-3-7-23-18(14)29-10-19(20,21)22/h3-8H,9-10H2,1-2H3,(H,24,25)(H,26,27,28). The molecule has 2 N–H and O–H groups in total. The molecule has 0 fully saturated rings. The third-order valence-electron chi connectivity index (χ3n) is 4.11. The minimum Gasteiger partial charge on any atom is -0.468 e. The van der Waals surface area contributed by atoms with Crippen LogP contribution in [-0.2, 0) is 6.54 Å². The summed E-state index contributed by atoms with van der Waals surface area (Å²) in [5, 5.41) is 3.00. The number of halogens is 3. The molecular weight excluding hydrogens is 387 g/mol. The highest BCUT2D eigenvalue weighted by molar-refractivity contribution is 5.56. The second-order valence-corrected chi connectivity index (χ2v) is 6.28. The van der Waals surface area contributed by atoms with Gasteiger partial charge in [-0.05, 0) is 32.0 Å². The van der Waals surface area contributed by atoms with Crippen LogP contribution in [0.5, 0.6) is 5.88 Å². The number of H-pyrrole nitrogens is 1. The molecule has 0 atom stereocenters. The topological polar surface area (TPSA) is 92.8 Å². The van der Waals surface area contributed by atoms with E-state index in [1.165, 1.54) is 6.20 Å². The molecule has 3 aromatic rings. The van der Waals surface area contributed by atoms with Gasteiger partial charge in [0.2, 0.25) is 5.88 Å². The first kappa shape index (κ1) is 20.3. The van der Waals surface area contributed by atoms with Crippen molar-refractivity contribution in [1.29, 1.82) is 0 Å². The Labute approximate surface area is 164 Å². The van der Waals surface area contributed by atoms with Crippen LogP contribution in [0.3, 0.4) is 0 Å². The third kappa shape index (κ3) is 5.31. The van der Waals surface area contributed by atoms with Crippen molar-refractivity contribution in [2.75, 3.05) is 11.9 Å². The minimum atomic E-state index is -4.44. The lowest BCUT2D eigenvalue weighted by molar-refractivity contribution is -0.154. The number of alkyl halides is 3. The molecule has 0 aliphatic heterocycles. The van der Waals surface area contributed by atoms with E-state index in [4.69, 9.17) is 4.74 Å². The summed E-state index contributed by atoms with van der Waals surface area (Å²) < 4.78 is 41.9. The van der Waals surface area contributed by atoms with Crippen molar-refractivity contribution in [2.24, 2.45) is 0 Å². The Balaban J connectivity index is 1.69. The molecule has 29 heavy (non-hydrogen) atoms. The van der Waals surface area contributed by atoms with Gasteiger partial charge in [0.05, 0.1) is 0 Å². The van der Waals surface area contributed by atoms with Crippen molar-refractivity contribution in [1.82, 2.24) is 19.9 Å². The van der Waals surface area contributed by atoms with Crippen LogP contribution in [0.15, 0.2) is 41.5 Å². The number of hydrogen-bond donors (Lipinski definition) is 2. The van der Waals surface area contributed by atoms with Gasteiger partial charge in [0.15, 0.2) is 6.61 Å². The summed E-state index contributed by atoms with van der Waals surface area (Å²) in [5.74, 6) is 0.809. The van der Waals surface area contributed by atoms with E-state index in [9.17, 15) is 18.0 Å². The van der Waals surface area contributed by atoms with Crippen LogP contribution in [0, 0.1) is 13.8 Å². The van der Waals surface area contributed by atoms with Crippen LogP contribution in [0.2, 0.25) is 0 Å². The monoisotopic (exact) mass is 405 g/mol. The lowest BCUT2D eigenvalue weighted by Gasteiger charge is -2.13. The van der Waals surface area contributed by atoms with Gasteiger partial charge in [-0.15, -0.1) is 0 Å². The molecule has 3 rings (SSSR count). The molecule has 152 valence electrons. The SMILES string of the molecule is Cc1nc(-c2ccc(NCc3cccnc3OCC(F)(F)F)nc2)[nH]c(=O)c1C. The number of aryl methyl sites for hydroxylation is 1. The maximum atomic E-state index is 12.4. The quantitative estimate of drug-likeness (QED) is 0.653. The van der Waals surface area contributed by atoms with Gasteiger partial charge in [-0.3, -0.25) is 4.79 Å². The van der Waals surface area contributed by atoms with Crippen molar-refractivity contribution in [3.63, 3.8) is 0 Å². The average Bonchev–Trinajstić information content (AvgIpc) is 2.69. The second kappa shape index (κ2) is 8.29. The van der Waals surface area contributed by atoms with Gasteiger partial charge < -0.3 is 15.0 Å². The number of aromatic amines is 1. The molecule has 0 unspecified atom stereocenters. The molecule has 0 radical (unpaired) electrons. The minimum absolute atomic E-state index is 0.0918. The number of anilines is 1. The van der Waals surface area contributed by atoms with Gasteiger partial charge in [-0.1, -0.05) is 6.07 Å². The van der Waals surface area contributed by atoms with Gasteiger partial charge >= 0.3 is 6.18 Å². The Morgan fingerprint density at radius 2 is 1.97 bits per heavy atom.